The molecule has 0 spiro atoms. The maximum absolute atomic E-state index is 11.5. The number of carbonyl (C=O) groups is 1. The molecule has 2 N–H and O–H groups in total. The summed E-state index contributed by atoms with van der Waals surface area (Å²) in [4.78, 5) is 28.2. The molecule has 1 aromatic rings. The summed E-state index contributed by atoms with van der Waals surface area (Å²) in [5.74, 6) is 0.697. The van der Waals surface area contributed by atoms with Crippen LogP contribution in [-0.4, -0.2) is 46.5 Å². The Kier molecular flexibility index (Phi) is 3.60. The molecule has 2 aliphatic heterocycles. The van der Waals surface area contributed by atoms with Crippen molar-refractivity contribution in [1.29, 1.82) is 0 Å². The molecule has 0 aliphatic carbocycles. The summed E-state index contributed by atoms with van der Waals surface area (Å²) in [5.41, 5.74) is 5.43. The first-order valence-electron chi connectivity index (χ1n) is 6.87. The Labute approximate surface area is 122 Å². The quantitative estimate of drug-likeness (QED) is 0.878. The van der Waals surface area contributed by atoms with Crippen LogP contribution in [0.25, 0.3) is 0 Å². The van der Waals surface area contributed by atoms with Crippen LogP contribution in [0.4, 0.5) is 11.9 Å². The fourth-order valence-electron chi connectivity index (χ4n) is 2.82. The zero-order valence-corrected chi connectivity index (χ0v) is 11.9. The van der Waals surface area contributed by atoms with Gasteiger partial charge in [0, 0.05) is 19.6 Å². The van der Waals surface area contributed by atoms with Gasteiger partial charge in [0.2, 0.25) is 23.1 Å². The average Bonchev–Trinajstić information content (AvgIpc) is 3.09. The van der Waals surface area contributed by atoms with E-state index >= 15 is 0 Å². The Hall–Kier alpha value is -1.63. The minimum Gasteiger partial charge on any atom is -0.368 e. The van der Waals surface area contributed by atoms with Crippen molar-refractivity contribution in [2.75, 3.05) is 29.4 Å². The minimum absolute atomic E-state index is 0.159. The van der Waals surface area contributed by atoms with E-state index in [-0.39, 0.29) is 17.2 Å². The summed E-state index contributed by atoms with van der Waals surface area (Å²) < 4.78 is 0. The molecule has 2 aliphatic rings. The number of primary amides is 1. The lowest BCUT2D eigenvalue weighted by molar-refractivity contribution is -0.119. The second kappa shape index (κ2) is 5.40. The Bertz CT molecular complexity index is 519. The van der Waals surface area contributed by atoms with Crippen molar-refractivity contribution in [2.24, 2.45) is 5.73 Å². The van der Waals surface area contributed by atoms with E-state index in [9.17, 15) is 4.79 Å². The second-order valence-electron chi connectivity index (χ2n) is 5.15. The molecule has 0 saturated carbocycles. The van der Waals surface area contributed by atoms with Gasteiger partial charge in [0.25, 0.3) is 0 Å². The molecule has 1 unspecified atom stereocenters. The molecule has 3 rings (SSSR count). The van der Waals surface area contributed by atoms with Crippen LogP contribution in [0.5, 0.6) is 0 Å². The topological polar surface area (TPSA) is 88.2 Å². The first kappa shape index (κ1) is 13.4. The Morgan fingerprint density at radius 1 is 1.10 bits per heavy atom. The van der Waals surface area contributed by atoms with E-state index in [1.807, 2.05) is 4.90 Å². The van der Waals surface area contributed by atoms with Crippen molar-refractivity contribution in [2.45, 2.75) is 31.7 Å². The number of hydrogen-bond acceptors (Lipinski definition) is 6. The van der Waals surface area contributed by atoms with Crippen LogP contribution in [0.15, 0.2) is 0 Å². The number of carbonyl (C=O) groups excluding carboxylic acids is 1. The fourth-order valence-corrected chi connectivity index (χ4v) is 2.97. The summed E-state index contributed by atoms with van der Waals surface area (Å²) in [6, 6.07) is -0.347. The van der Waals surface area contributed by atoms with E-state index in [1.165, 1.54) is 0 Å². The van der Waals surface area contributed by atoms with Crippen LogP contribution in [0, 0.1) is 0 Å². The number of amides is 1. The maximum atomic E-state index is 11.5. The number of nitrogens with zero attached hydrogens (tertiary/aromatic N) is 5. The highest BCUT2D eigenvalue weighted by molar-refractivity contribution is 6.28. The minimum atomic E-state index is -0.347. The van der Waals surface area contributed by atoms with Crippen LogP contribution >= 0.6 is 11.6 Å². The van der Waals surface area contributed by atoms with E-state index < -0.39 is 0 Å². The van der Waals surface area contributed by atoms with Gasteiger partial charge >= 0.3 is 0 Å². The lowest BCUT2D eigenvalue weighted by Crippen LogP contribution is -2.41. The number of anilines is 2. The second-order valence-corrected chi connectivity index (χ2v) is 5.49. The highest BCUT2D eigenvalue weighted by Crippen LogP contribution is 2.25. The molecule has 2 saturated heterocycles. The SMILES string of the molecule is NC(=O)C1CCCN1c1nc(Cl)nc(N2CCCC2)n1. The van der Waals surface area contributed by atoms with Crippen LogP contribution in [0.3, 0.4) is 0 Å². The van der Waals surface area contributed by atoms with Gasteiger partial charge in [-0.05, 0) is 37.3 Å². The van der Waals surface area contributed by atoms with Crippen LogP contribution in [0.1, 0.15) is 25.7 Å². The van der Waals surface area contributed by atoms with E-state index in [0.29, 0.717) is 18.4 Å². The molecular formula is C12H17ClN6O. The first-order chi connectivity index (χ1) is 9.65. The van der Waals surface area contributed by atoms with Gasteiger partial charge in [0.1, 0.15) is 6.04 Å². The highest BCUT2D eigenvalue weighted by atomic mass is 35.5. The lowest BCUT2D eigenvalue weighted by Gasteiger charge is -2.23. The summed E-state index contributed by atoms with van der Waals surface area (Å²) in [6.07, 6.45) is 3.89. The number of aromatic nitrogens is 3. The fraction of sp³-hybridized carbons (Fsp3) is 0.667. The van der Waals surface area contributed by atoms with Crippen LogP contribution in [-0.2, 0) is 4.79 Å². The summed E-state index contributed by atoms with van der Waals surface area (Å²) in [7, 11) is 0. The van der Waals surface area contributed by atoms with E-state index in [1.54, 1.807) is 0 Å². The third-order valence-corrected chi connectivity index (χ3v) is 3.98. The molecule has 108 valence electrons. The molecule has 7 nitrogen and oxygen atoms in total. The summed E-state index contributed by atoms with van der Waals surface area (Å²) >= 11 is 6.00. The van der Waals surface area contributed by atoms with Crippen LogP contribution in [0.2, 0.25) is 5.28 Å². The van der Waals surface area contributed by atoms with E-state index in [2.05, 4.69) is 19.9 Å². The molecule has 1 amide bonds. The standard InChI is InChI=1S/C12H17ClN6O/c13-10-15-11(18-5-1-2-6-18)17-12(16-10)19-7-3-4-8(19)9(14)20/h8H,1-7H2,(H2,14,20). The van der Waals surface area contributed by atoms with Crippen molar-refractivity contribution in [3.63, 3.8) is 0 Å². The monoisotopic (exact) mass is 296 g/mol. The first-order valence-corrected chi connectivity index (χ1v) is 7.25. The van der Waals surface area contributed by atoms with E-state index in [4.69, 9.17) is 17.3 Å². The predicted molar refractivity (Wildman–Crippen MR) is 75.8 cm³/mol. The largest absolute Gasteiger partial charge is 0.368 e. The Morgan fingerprint density at radius 2 is 1.80 bits per heavy atom. The molecule has 1 atom stereocenters. The molecular weight excluding hydrogens is 280 g/mol. The van der Waals surface area contributed by atoms with Gasteiger partial charge in [-0.15, -0.1) is 0 Å². The molecule has 2 fully saturated rings. The zero-order chi connectivity index (χ0) is 14.1. The van der Waals surface area contributed by atoms with Gasteiger partial charge in [-0.2, -0.15) is 15.0 Å². The van der Waals surface area contributed by atoms with Crippen LogP contribution < -0.4 is 15.5 Å². The van der Waals surface area contributed by atoms with Crippen molar-refractivity contribution >= 4 is 29.4 Å². The van der Waals surface area contributed by atoms with Gasteiger partial charge in [0.15, 0.2) is 0 Å². The number of rotatable bonds is 3. The van der Waals surface area contributed by atoms with Crippen molar-refractivity contribution in [3.05, 3.63) is 5.28 Å². The van der Waals surface area contributed by atoms with Gasteiger partial charge in [-0.25, -0.2) is 0 Å². The van der Waals surface area contributed by atoms with Gasteiger partial charge in [-0.1, -0.05) is 0 Å². The average molecular weight is 297 g/mol. The van der Waals surface area contributed by atoms with Crippen molar-refractivity contribution in [3.8, 4) is 0 Å². The normalized spacial score (nSPS) is 22.6. The Balaban J connectivity index is 1.90. The third kappa shape index (κ3) is 2.49. The zero-order valence-electron chi connectivity index (χ0n) is 11.1. The molecule has 3 heterocycles. The molecule has 0 radical (unpaired) electrons. The maximum Gasteiger partial charge on any atom is 0.240 e. The Morgan fingerprint density at radius 3 is 2.50 bits per heavy atom. The van der Waals surface area contributed by atoms with Crippen molar-refractivity contribution < 1.29 is 4.79 Å². The summed E-state index contributed by atoms with van der Waals surface area (Å²) in [6.45, 7) is 2.57. The summed E-state index contributed by atoms with van der Waals surface area (Å²) in [5, 5.41) is 0.159. The third-order valence-electron chi connectivity index (χ3n) is 3.81. The molecule has 20 heavy (non-hydrogen) atoms. The van der Waals surface area contributed by atoms with E-state index in [0.717, 1.165) is 38.8 Å². The molecule has 0 bridgehead atoms. The highest BCUT2D eigenvalue weighted by Gasteiger charge is 2.32. The number of halogens is 1. The van der Waals surface area contributed by atoms with Crippen molar-refractivity contribution in [1.82, 2.24) is 15.0 Å². The molecule has 8 heteroatoms. The predicted octanol–water partition coefficient (Wildman–Crippen LogP) is 0.579. The lowest BCUT2D eigenvalue weighted by atomic mass is 10.2. The number of hydrogen-bond donors (Lipinski definition) is 1. The molecule has 1 aromatic heterocycles. The van der Waals surface area contributed by atoms with Gasteiger partial charge in [-0.3, -0.25) is 4.79 Å². The smallest absolute Gasteiger partial charge is 0.240 e. The van der Waals surface area contributed by atoms with Gasteiger partial charge < -0.3 is 15.5 Å². The van der Waals surface area contributed by atoms with Gasteiger partial charge in [0.05, 0.1) is 0 Å². The molecule has 0 aromatic carbocycles. The number of nitrogens with two attached hydrogens (primary N) is 1.